The molecular weight excluding hydrogens is 243 g/mol. The maximum atomic E-state index is 13.9. The Morgan fingerprint density at radius 2 is 2.21 bits per heavy atom. The number of nitrogens with zero attached hydrogens (tertiary/aromatic N) is 1. The Balaban J connectivity index is 2.50. The van der Waals surface area contributed by atoms with Crippen molar-refractivity contribution in [3.63, 3.8) is 0 Å². The first-order chi connectivity index (χ1) is 9.17. The van der Waals surface area contributed by atoms with E-state index in [-0.39, 0.29) is 11.6 Å². The predicted molar refractivity (Wildman–Crippen MR) is 77.1 cm³/mol. The second kappa shape index (κ2) is 6.06. The summed E-state index contributed by atoms with van der Waals surface area (Å²) in [6, 6.07) is 3.29. The summed E-state index contributed by atoms with van der Waals surface area (Å²) in [6.45, 7) is 6.35. The fraction of sp³-hybridized carbons (Fsp3) is 0.467. The first-order valence-corrected chi connectivity index (χ1v) is 6.68. The average molecular weight is 264 g/mol. The van der Waals surface area contributed by atoms with E-state index in [2.05, 4.69) is 11.5 Å². The quantitative estimate of drug-likeness (QED) is 0.912. The minimum Gasteiger partial charge on any atom is -0.494 e. The highest BCUT2D eigenvalue weighted by Crippen LogP contribution is 2.36. The van der Waals surface area contributed by atoms with Gasteiger partial charge in [-0.3, -0.25) is 0 Å². The lowest BCUT2D eigenvalue weighted by molar-refractivity contribution is 0.386. The van der Waals surface area contributed by atoms with E-state index in [9.17, 15) is 4.39 Å². The Labute approximate surface area is 113 Å². The average Bonchev–Trinajstić information content (AvgIpc) is 2.40. The van der Waals surface area contributed by atoms with Gasteiger partial charge in [0.2, 0.25) is 0 Å². The smallest absolute Gasteiger partial charge is 0.165 e. The zero-order chi connectivity index (χ0) is 13.8. The molecule has 2 N–H and O–H groups in total. The lowest BCUT2D eigenvalue weighted by Crippen LogP contribution is -2.32. The van der Waals surface area contributed by atoms with Crippen LogP contribution < -0.4 is 15.4 Å². The minimum absolute atomic E-state index is 0.272. The number of hydrogen-bond donors (Lipinski definition) is 1. The maximum Gasteiger partial charge on any atom is 0.165 e. The fourth-order valence-corrected chi connectivity index (χ4v) is 2.53. The molecule has 3 nitrogen and oxygen atoms in total. The fourth-order valence-electron chi connectivity index (χ4n) is 2.53. The van der Waals surface area contributed by atoms with Crippen molar-refractivity contribution >= 4 is 11.3 Å². The summed E-state index contributed by atoms with van der Waals surface area (Å²) in [5, 5.41) is 0. The summed E-state index contributed by atoms with van der Waals surface area (Å²) in [5.74, 6) is -0.0650. The Morgan fingerprint density at radius 3 is 2.89 bits per heavy atom. The molecule has 1 aromatic rings. The molecule has 0 bridgehead atoms. The van der Waals surface area contributed by atoms with Gasteiger partial charge in [-0.15, -0.1) is 0 Å². The van der Waals surface area contributed by atoms with Gasteiger partial charge in [0, 0.05) is 37.0 Å². The van der Waals surface area contributed by atoms with Crippen LogP contribution in [0.1, 0.15) is 24.8 Å². The van der Waals surface area contributed by atoms with Gasteiger partial charge >= 0.3 is 0 Å². The number of allylic oxidation sites excluding steroid dienone is 1. The van der Waals surface area contributed by atoms with Crippen molar-refractivity contribution < 1.29 is 9.13 Å². The normalized spacial score (nSPS) is 15.7. The van der Waals surface area contributed by atoms with Crippen LogP contribution in [0.4, 0.5) is 10.1 Å². The molecule has 1 heterocycles. The largest absolute Gasteiger partial charge is 0.494 e. The summed E-state index contributed by atoms with van der Waals surface area (Å²) in [5.41, 5.74) is 8.52. The first-order valence-electron chi connectivity index (χ1n) is 6.68. The van der Waals surface area contributed by atoms with Crippen molar-refractivity contribution in [3.05, 3.63) is 30.1 Å². The number of rotatable bonds is 3. The SMILES string of the molecule is C=C1CCCCN(CCN)c2cc(OC)c(F)cc21. The van der Waals surface area contributed by atoms with Crippen molar-refractivity contribution in [2.24, 2.45) is 5.73 Å². The van der Waals surface area contributed by atoms with E-state index in [1.807, 2.05) is 0 Å². The Kier molecular flexibility index (Phi) is 4.43. The lowest BCUT2D eigenvalue weighted by atomic mass is 9.96. The van der Waals surface area contributed by atoms with E-state index in [0.717, 1.165) is 49.2 Å². The van der Waals surface area contributed by atoms with Crippen LogP contribution in [0.3, 0.4) is 0 Å². The highest BCUT2D eigenvalue weighted by atomic mass is 19.1. The number of methoxy groups -OCH3 is 1. The van der Waals surface area contributed by atoms with Crippen molar-refractivity contribution in [1.29, 1.82) is 0 Å². The third kappa shape index (κ3) is 2.89. The van der Waals surface area contributed by atoms with Gasteiger partial charge < -0.3 is 15.4 Å². The number of halogens is 1. The van der Waals surface area contributed by atoms with Crippen molar-refractivity contribution in [1.82, 2.24) is 0 Å². The number of ether oxygens (including phenoxy) is 1. The highest BCUT2D eigenvalue weighted by molar-refractivity contribution is 5.77. The number of hydrogen-bond acceptors (Lipinski definition) is 3. The molecule has 0 fully saturated rings. The van der Waals surface area contributed by atoms with Gasteiger partial charge in [0.1, 0.15) is 0 Å². The van der Waals surface area contributed by atoms with Crippen LogP contribution in [0.15, 0.2) is 18.7 Å². The number of benzene rings is 1. The van der Waals surface area contributed by atoms with E-state index < -0.39 is 0 Å². The second-order valence-corrected chi connectivity index (χ2v) is 4.84. The molecule has 0 aliphatic carbocycles. The minimum atomic E-state index is -0.337. The zero-order valence-corrected chi connectivity index (χ0v) is 11.4. The molecule has 0 unspecified atom stereocenters. The van der Waals surface area contributed by atoms with Gasteiger partial charge in [-0.05, 0) is 30.9 Å². The van der Waals surface area contributed by atoms with Crippen LogP contribution in [0.2, 0.25) is 0 Å². The molecule has 4 heteroatoms. The van der Waals surface area contributed by atoms with E-state index in [4.69, 9.17) is 10.5 Å². The molecule has 104 valence electrons. The first kappa shape index (κ1) is 13.9. The molecule has 0 saturated carbocycles. The molecule has 0 amide bonds. The summed E-state index contributed by atoms with van der Waals surface area (Å²) in [7, 11) is 1.48. The molecule has 19 heavy (non-hydrogen) atoms. The summed E-state index contributed by atoms with van der Waals surface area (Å²) >= 11 is 0. The van der Waals surface area contributed by atoms with Crippen molar-refractivity contribution in [3.8, 4) is 5.75 Å². The predicted octanol–water partition coefficient (Wildman–Crippen LogP) is 2.80. The molecule has 1 aromatic carbocycles. The van der Waals surface area contributed by atoms with Crippen LogP contribution in [0, 0.1) is 5.82 Å². The third-order valence-electron chi connectivity index (χ3n) is 3.55. The Morgan fingerprint density at radius 1 is 1.42 bits per heavy atom. The highest BCUT2D eigenvalue weighted by Gasteiger charge is 2.19. The summed E-state index contributed by atoms with van der Waals surface area (Å²) in [4.78, 5) is 2.20. The van der Waals surface area contributed by atoms with E-state index >= 15 is 0 Å². The van der Waals surface area contributed by atoms with Crippen LogP contribution in [-0.4, -0.2) is 26.7 Å². The van der Waals surface area contributed by atoms with Crippen LogP contribution in [0.25, 0.3) is 5.57 Å². The molecule has 1 aliphatic rings. The molecule has 0 spiro atoms. The zero-order valence-electron chi connectivity index (χ0n) is 11.4. The summed E-state index contributed by atoms with van der Waals surface area (Å²) in [6.07, 6.45) is 3.08. The standard InChI is InChI=1S/C15H21FN2O/c1-11-5-3-4-7-18(8-6-17)14-10-15(19-2)13(16)9-12(11)14/h9-10H,1,3-8,17H2,2H3. The number of nitrogens with two attached hydrogens (primary N) is 1. The van der Waals surface area contributed by atoms with Gasteiger partial charge in [0.15, 0.2) is 11.6 Å². The number of anilines is 1. The van der Waals surface area contributed by atoms with Crippen LogP contribution in [-0.2, 0) is 0 Å². The molecule has 1 aliphatic heterocycles. The molecular formula is C15H21FN2O. The van der Waals surface area contributed by atoms with Gasteiger partial charge in [0.05, 0.1) is 7.11 Å². The monoisotopic (exact) mass is 264 g/mol. The van der Waals surface area contributed by atoms with E-state index in [1.54, 1.807) is 6.07 Å². The third-order valence-corrected chi connectivity index (χ3v) is 3.55. The molecule has 0 aromatic heterocycles. The Hall–Kier alpha value is -1.55. The summed E-state index contributed by atoms with van der Waals surface area (Å²) < 4.78 is 19.0. The molecule has 0 atom stereocenters. The maximum absolute atomic E-state index is 13.9. The van der Waals surface area contributed by atoms with Gasteiger partial charge in [-0.1, -0.05) is 6.58 Å². The second-order valence-electron chi connectivity index (χ2n) is 4.84. The van der Waals surface area contributed by atoms with Crippen molar-refractivity contribution in [2.75, 3.05) is 31.6 Å². The van der Waals surface area contributed by atoms with Gasteiger partial charge in [0.25, 0.3) is 0 Å². The van der Waals surface area contributed by atoms with Crippen molar-refractivity contribution in [2.45, 2.75) is 19.3 Å². The molecule has 2 rings (SSSR count). The van der Waals surface area contributed by atoms with Crippen LogP contribution >= 0.6 is 0 Å². The Bertz CT molecular complexity index is 473. The molecule has 0 saturated heterocycles. The van der Waals surface area contributed by atoms with Crippen LogP contribution in [0.5, 0.6) is 5.75 Å². The van der Waals surface area contributed by atoms with Gasteiger partial charge in [-0.2, -0.15) is 0 Å². The number of fused-ring (bicyclic) bond motifs is 1. The molecule has 0 radical (unpaired) electrons. The van der Waals surface area contributed by atoms with E-state index in [0.29, 0.717) is 6.54 Å². The topological polar surface area (TPSA) is 38.5 Å². The lowest BCUT2D eigenvalue weighted by Gasteiger charge is -2.30. The van der Waals surface area contributed by atoms with Gasteiger partial charge in [-0.25, -0.2) is 4.39 Å². The van der Waals surface area contributed by atoms with E-state index in [1.165, 1.54) is 13.2 Å².